The Morgan fingerprint density at radius 3 is 2.78 bits per heavy atom. The Morgan fingerprint density at radius 2 is 2.13 bits per heavy atom. The van der Waals surface area contributed by atoms with Crippen molar-refractivity contribution in [3.8, 4) is 0 Å². The van der Waals surface area contributed by atoms with E-state index in [0.717, 1.165) is 23.9 Å². The van der Waals surface area contributed by atoms with Crippen LogP contribution in [0, 0.1) is 11.3 Å². The highest BCUT2D eigenvalue weighted by molar-refractivity contribution is 6.29. The van der Waals surface area contributed by atoms with Crippen LogP contribution in [0.3, 0.4) is 0 Å². The molecule has 1 fully saturated rings. The van der Waals surface area contributed by atoms with Crippen LogP contribution in [0.15, 0.2) is 18.2 Å². The first-order valence-corrected chi connectivity index (χ1v) is 8.44. The summed E-state index contributed by atoms with van der Waals surface area (Å²) in [4.78, 5) is 16.1. The molecule has 4 nitrogen and oxygen atoms in total. The zero-order valence-corrected chi connectivity index (χ0v) is 14.9. The summed E-state index contributed by atoms with van der Waals surface area (Å²) in [5.74, 6) is 0.302. The Kier molecular flexibility index (Phi) is 4.13. The van der Waals surface area contributed by atoms with Crippen molar-refractivity contribution in [2.45, 2.75) is 46.1 Å². The van der Waals surface area contributed by atoms with Crippen molar-refractivity contribution in [1.29, 1.82) is 0 Å². The molecule has 1 saturated carbocycles. The lowest BCUT2D eigenvalue weighted by molar-refractivity contribution is 0.0601. The maximum absolute atomic E-state index is 11.7. The van der Waals surface area contributed by atoms with E-state index < -0.39 is 0 Å². The third-order valence-electron chi connectivity index (χ3n) is 4.80. The number of benzene rings is 1. The van der Waals surface area contributed by atoms with Gasteiger partial charge in [-0.25, -0.2) is 9.78 Å². The predicted molar refractivity (Wildman–Crippen MR) is 91.9 cm³/mol. The second-order valence-corrected chi connectivity index (χ2v) is 7.85. The number of carbonyl (C=O) groups excluding carboxylic acids is 1. The van der Waals surface area contributed by atoms with Gasteiger partial charge in [-0.2, -0.15) is 0 Å². The summed E-state index contributed by atoms with van der Waals surface area (Å²) in [6.07, 6.45) is 3.43. The van der Waals surface area contributed by atoms with Crippen LogP contribution >= 0.6 is 11.6 Å². The third kappa shape index (κ3) is 3.09. The first-order valence-electron chi connectivity index (χ1n) is 8.06. The van der Waals surface area contributed by atoms with E-state index in [1.165, 1.54) is 13.5 Å². The monoisotopic (exact) mass is 334 g/mol. The van der Waals surface area contributed by atoms with Crippen molar-refractivity contribution in [1.82, 2.24) is 9.55 Å². The van der Waals surface area contributed by atoms with Gasteiger partial charge in [0.05, 0.1) is 23.7 Å². The van der Waals surface area contributed by atoms with Crippen LogP contribution < -0.4 is 0 Å². The van der Waals surface area contributed by atoms with Crippen LogP contribution in [0.2, 0.25) is 5.28 Å². The molecule has 0 N–H and O–H groups in total. The normalized spacial score (nSPS) is 23.9. The molecule has 23 heavy (non-hydrogen) atoms. The van der Waals surface area contributed by atoms with Crippen LogP contribution in [0.25, 0.3) is 11.0 Å². The Balaban J connectivity index is 2.04. The van der Waals surface area contributed by atoms with Crippen molar-refractivity contribution in [3.63, 3.8) is 0 Å². The third-order valence-corrected chi connectivity index (χ3v) is 5.06. The summed E-state index contributed by atoms with van der Waals surface area (Å²) in [5.41, 5.74) is 2.53. The molecule has 0 bridgehead atoms. The van der Waals surface area contributed by atoms with Crippen molar-refractivity contribution < 1.29 is 9.53 Å². The Labute approximate surface area is 141 Å². The minimum absolute atomic E-state index is 0.300. The van der Waals surface area contributed by atoms with Crippen LogP contribution in [0.5, 0.6) is 0 Å². The summed E-state index contributed by atoms with van der Waals surface area (Å²) in [5, 5.41) is 0.497. The highest BCUT2D eigenvalue weighted by Crippen LogP contribution is 2.45. The van der Waals surface area contributed by atoms with Gasteiger partial charge in [-0.3, -0.25) is 0 Å². The molecule has 1 aliphatic rings. The van der Waals surface area contributed by atoms with Crippen molar-refractivity contribution >= 4 is 28.6 Å². The largest absolute Gasteiger partial charge is 0.465 e. The van der Waals surface area contributed by atoms with Crippen LogP contribution in [-0.4, -0.2) is 22.6 Å². The van der Waals surface area contributed by atoms with Crippen molar-refractivity contribution in [2.24, 2.45) is 11.3 Å². The molecule has 0 unspecified atom stereocenters. The van der Waals surface area contributed by atoms with Crippen LogP contribution in [0.4, 0.5) is 0 Å². The molecule has 1 aromatic heterocycles. The SMILES string of the molecule is COC(=O)c1ccc2c(c1)nc(Cl)n2[C@H]1C[C@@H](C)CC(C)(C)C1. The number of methoxy groups -OCH3 is 1. The molecule has 0 radical (unpaired) electrons. The van der Waals surface area contributed by atoms with E-state index in [-0.39, 0.29) is 5.97 Å². The van der Waals surface area contributed by atoms with Crippen LogP contribution in [-0.2, 0) is 4.74 Å². The van der Waals surface area contributed by atoms with Gasteiger partial charge < -0.3 is 9.30 Å². The lowest BCUT2D eigenvalue weighted by atomic mass is 9.70. The number of fused-ring (bicyclic) bond motifs is 1. The Bertz CT molecular complexity index is 751. The van der Waals surface area contributed by atoms with Gasteiger partial charge >= 0.3 is 5.97 Å². The first kappa shape index (κ1) is 16.3. The minimum atomic E-state index is -0.356. The molecule has 0 aliphatic heterocycles. The van der Waals surface area contributed by atoms with E-state index in [1.807, 2.05) is 6.07 Å². The van der Waals surface area contributed by atoms with E-state index in [9.17, 15) is 4.79 Å². The minimum Gasteiger partial charge on any atom is -0.465 e. The molecule has 1 aromatic carbocycles. The summed E-state index contributed by atoms with van der Waals surface area (Å²) in [6.45, 7) is 6.94. The zero-order chi connectivity index (χ0) is 16.8. The van der Waals surface area contributed by atoms with Gasteiger partial charge in [0, 0.05) is 6.04 Å². The molecule has 2 atom stereocenters. The molecule has 3 rings (SSSR count). The lowest BCUT2D eigenvalue weighted by Crippen LogP contribution is -2.29. The second-order valence-electron chi connectivity index (χ2n) is 7.51. The quantitative estimate of drug-likeness (QED) is 0.736. The van der Waals surface area contributed by atoms with Crippen LogP contribution in [0.1, 0.15) is 56.4 Å². The van der Waals surface area contributed by atoms with Gasteiger partial charge in [-0.15, -0.1) is 0 Å². The number of esters is 1. The molecule has 124 valence electrons. The van der Waals surface area contributed by atoms with Gasteiger partial charge in [0.15, 0.2) is 0 Å². The average Bonchev–Trinajstić information content (AvgIpc) is 2.79. The van der Waals surface area contributed by atoms with Gasteiger partial charge in [0.1, 0.15) is 0 Å². The first-order chi connectivity index (χ1) is 10.8. The maximum Gasteiger partial charge on any atom is 0.337 e. The van der Waals surface area contributed by atoms with Gasteiger partial charge in [-0.05, 0) is 60.4 Å². The fourth-order valence-electron chi connectivity index (χ4n) is 4.15. The zero-order valence-electron chi connectivity index (χ0n) is 14.1. The Morgan fingerprint density at radius 1 is 1.39 bits per heavy atom. The van der Waals surface area contributed by atoms with E-state index >= 15 is 0 Å². The number of carbonyl (C=O) groups is 1. The van der Waals surface area contributed by atoms with Gasteiger partial charge in [0.2, 0.25) is 5.28 Å². The number of aromatic nitrogens is 2. The number of rotatable bonds is 2. The van der Waals surface area contributed by atoms with Gasteiger partial charge in [0.25, 0.3) is 0 Å². The highest BCUT2D eigenvalue weighted by atomic mass is 35.5. The highest BCUT2D eigenvalue weighted by Gasteiger charge is 2.34. The smallest absolute Gasteiger partial charge is 0.337 e. The summed E-state index contributed by atoms with van der Waals surface area (Å²) in [6, 6.07) is 5.79. The summed E-state index contributed by atoms with van der Waals surface area (Å²) < 4.78 is 6.91. The van der Waals surface area contributed by atoms with E-state index in [0.29, 0.717) is 28.2 Å². The van der Waals surface area contributed by atoms with E-state index in [4.69, 9.17) is 16.3 Å². The number of nitrogens with zero attached hydrogens (tertiary/aromatic N) is 2. The second kappa shape index (κ2) is 5.82. The molecule has 0 amide bonds. The summed E-state index contributed by atoms with van der Waals surface area (Å²) in [7, 11) is 1.38. The number of imidazole rings is 1. The number of halogens is 1. The molecule has 1 heterocycles. The number of hydrogen-bond acceptors (Lipinski definition) is 3. The molecular weight excluding hydrogens is 312 g/mol. The summed E-state index contributed by atoms with van der Waals surface area (Å²) >= 11 is 6.44. The van der Waals surface area contributed by atoms with E-state index in [2.05, 4.69) is 30.3 Å². The molecule has 2 aromatic rings. The van der Waals surface area contributed by atoms with Crippen molar-refractivity contribution in [2.75, 3.05) is 7.11 Å². The standard InChI is InChI=1S/C18H23ClN2O2/c1-11-7-13(10-18(2,3)9-11)21-15-6-5-12(16(22)23-4)8-14(15)20-17(21)19/h5-6,8,11,13H,7,9-10H2,1-4H3/t11-,13+/m1/s1. The number of hydrogen-bond donors (Lipinski definition) is 0. The lowest BCUT2D eigenvalue weighted by Gasteiger charge is -2.39. The molecule has 0 spiro atoms. The Hall–Kier alpha value is -1.55. The predicted octanol–water partition coefficient (Wildman–Crippen LogP) is 4.86. The number of ether oxygens (including phenoxy) is 1. The van der Waals surface area contributed by atoms with Crippen molar-refractivity contribution in [3.05, 3.63) is 29.0 Å². The average molecular weight is 335 g/mol. The molecule has 0 saturated heterocycles. The topological polar surface area (TPSA) is 44.1 Å². The fourth-order valence-corrected chi connectivity index (χ4v) is 4.47. The fraction of sp³-hybridized carbons (Fsp3) is 0.556. The molecule has 5 heteroatoms. The van der Waals surface area contributed by atoms with Gasteiger partial charge in [-0.1, -0.05) is 20.8 Å². The van der Waals surface area contributed by atoms with E-state index in [1.54, 1.807) is 12.1 Å². The molecular formula is C18H23ClN2O2. The molecule has 1 aliphatic carbocycles. The maximum atomic E-state index is 11.7.